The zero-order chi connectivity index (χ0) is 10.0. The summed E-state index contributed by atoms with van der Waals surface area (Å²) < 4.78 is 0. The second-order valence-electron chi connectivity index (χ2n) is 3.93. The average Bonchev–Trinajstić information content (AvgIpc) is 2.68. The summed E-state index contributed by atoms with van der Waals surface area (Å²) in [6.45, 7) is 6.51. The van der Waals surface area contributed by atoms with Gasteiger partial charge in [0.2, 0.25) is 0 Å². The van der Waals surface area contributed by atoms with Crippen molar-refractivity contribution in [2.24, 2.45) is 0 Å². The molecule has 2 nitrogen and oxygen atoms in total. The SMILES string of the molecule is CCC1(c2ccccc2C)NCCN1. The maximum atomic E-state index is 3.57. The molecule has 1 aromatic rings. The van der Waals surface area contributed by atoms with E-state index in [4.69, 9.17) is 0 Å². The summed E-state index contributed by atoms with van der Waals surface area (Å²) in [6, 6.07) is 8.59. The van der Waals surface area contributed by atoms with E-state index < -0.39 is 0 Å². The molecule has 0 amide bonds. The van der Waals surface area contributed by atoms with Crippen LogP contribution in [0.1, 0.15) is 24.5 Å². The van der Waals surface area contributed by atoms with E-state index in [1.54, 1.807) is 0 Å². The number of rotatable bonds is 2. The van der Waals surface area contributed by atoms with Crippen molar-refractivity contribution >= 4 is 0 Å². The monoisotopic (exact) mass is 190 g/mol. The Morgan fingerprint density at radius 3 is 2.43 bits per heavy atom. The molecule has 1 heterocycles. The third kappa shape index (κ3) is 1.45. The molecule has 2 N–H and O–H groups in total. The highest BCUT2D eigenvalue weighted by molar-refractivity contribution is 5.33. The zero-order valence-electron chi connectivity index (χ0n) is 8.93. The molecule has 2 rings (SSSR count). The van der Waals surface area contributed by atoms with Crippen molar-refractivity contribution in [3.05, 3.63) is 35.4 Å². The lowest BCUT2D eigenvalue weighted by atomic mass is 9.93. The lowest BCUT2D eigenvalue weighted by molar-refractivity contribution is 0.330. The van der Waals surface area contributed by atoms with Crippen LogP contribution in [0.5, 0.6) is 0 Å². The van der Waals surface area contributed by atoms with Crippen molar-refractivity contribution in [2.75, 3.05) is 13.1 Å². The van der Waals surface area contributed by atoms with Crippen LogP contribution in [0.15, 0.2) is 24.3 Å². The summed E-state index contributed by atoms with van der Waals surface area (Å²) in [5.41, 5.74) is 2.77. The Morgan fingerprint density at radius 1 is 1.21 bits per heavy atom. The minimum absolute atomic E-state index is 0.0192. The first-order valence-electron chi connectivity index (χ1n) is 5.35. The fourth-order valence-electron chi connectivity index (χ4n) is 2.30. The van der Waals surface area contributed by atoms with E-state index in [2.05, 4.69) is 48.7 Å². The van der Waals surface area contributed by atoms with Crippen LogP contribution in [0, 0.1) is 6.92 Å². The van der Waals surface area contributed by atoms with E-state index in [-0.39, 0.29) is 5.66 Å². The van der Waals surface area contributed by atoms with Crippen LogP contribution < -0.4 is 10.6 Å². The topological polar surface area (TPSA) is 24.1 Å². The molecule has 1 saturated heterocycles. The molecular formula is C12H18N2. The molecule has 0 aliphatic carbocycles. The van der Waals surface area contributed by atoms with Crippen molar-refractivity contribution in [3.8, 4) is 0 Å². The van der Waals surface area contributed by atoms with Crippen molar-refractivity contribution < 1.29 is 0 Å². The van der Waals surface area contributed by atoms with Crippen LogP contribution in [0.4, 0.5) is 0 Å². The van der Waals surface area contributed by atoms with Gasteiger partial charge in [0.1, 0.15) is 0 Å². The van der Waals surface area contributed by atoms with Crippen LogP contribution >= 0.6 is 0 Å². The van der Waals surface area contributed by atoms with E-state index in [9.17, 15) is 0 Å². The van der Waals surface area contributed by atoms with Crippen molar-refractivity contribution in [1.29, 1.82) is 0 Å². The zero-order valence-corrected chi connectivity index (χ0v) is 8.93. The minimum atomic E-state index is 0.0192. The quantitative estimate of drug-likeness (QED) is 0.742. The smallest absolute Gasteiger partial charge is 0.0950 e. The fourth-order valence-corrected chi connectivity index (χ4v) is 2.30. The summed E-state index contributed by atoms with van der Waals surface area (Å²) in [4.78, 5) is 0. The Labute approximate surface area is 85.7 Å². The van der Waals surface area contributed by atoms with E-state index in [0.29, 0.717) is 0 Å². The van der Waals surface area contributed by atoms with Crippen LogP contribution in [0.2, 0.25) is 0 Å². The molecule has 0 spiro atoms. The van der Waals surface area contributed by atoms with Gasteiger partial charge < -0.3 is 0 Å². The first kappa shape index (κ1) is 9.69. The number of nitrogens with one attached hydrogen (secondary N) is 2. The van der Waals surface area contributed by atoms with Gasteiger partial charge in [-0.05, 0) is 24.5 Å². The molecular weight excluding hydrogens is 172 g/mol. The minimum Gasteiger partial charge on any atom is -0.294 e. The van der Waals surface area contributed by atoms with E-state index in [1.807, 2.05) is 0 Å². The van der Waals surface area contributed by atoms with Crippen molar-refractivity contribution in [3.63, 3.8) is 0 Å². The largest absolute Gasteiger partial charge is 0.294 e. The Hall–Kier alpha value is -0.860. The van der Waals surface area contributed by atoms with Gasteiger partial charge in [-0.1, -0.05) is 31.2 Å². The molecule has 0 bridgehead atoms. The van der Waals surface area contributed by atoms with Gasteiger partial charge >= 0.3 is 0 Å². The van der Waals surface area contributed by atoms with Gasteiger partial charge in [0.15, 0.2) is 0 Å². The van der Waals surface area contributed by atoms with E-state index in [0.717, 1.165) is 19.5 Å². The predicted molar refractivity (Wildman–Crippen MR) is 59.2 cm³/mol. The highest BCUT2D eigenvalue weighted by Crippen LogP contribution is 2.26. The van der Waals surface area contributed by atoms with Crippen LogP contribution in [0.25, 0.3) is 0 Å². The molecule has 0 saturated carbocycles. The molecule has 0 unspecified atom stereocenters. The summed E-state index contributed by atoms with van der Waals surface area (Å²) in [5.74, 6) is 0. The maximum Gasteiger partial charge on any atom is 0.0950 e. The predicted octanol–water partition coefficient (Wildman–Crippen LogP) is 1.75. The van der Waals surface area contributed by atoms with E-state index in [1.165, 1.54) is 11.1 Å². The molecule has 1 fully saturated rings. The average molecular weight is 190 g/mol. The first-order chi connectivity index (χ1) is 6.78. The van der Waals surface area contributed by atoms with Crippen molar-refractivity contribution in [1.82, 2.24) is 10.6 Å². The summed E-state index contributed by atoms with van der Waals surface area (Å²) >= 11 is 0. The molecule has 1 aliphatic heterocycles. The third-order valence-electron chi connectivity index (χ3n) is 3.11. The van der Waals surface area contributed by atoms with Gasteiger partial charge in [-0.25, -0.2) is 0 Å². The molecule has 14 heavy (non-hydrogen) atoms. The Bertz CT molecular complexity index is 314. The summed E-state index contributed by atoms with van der Waals surface area (Å²) in [5, 5.41) is 7.13. The molecule has 1 aliphatic rings. The van der Waals surface area contributed by atoms with Gasteiger partial charge in [-0.15, -0.1) is 0 Å². The first-order valence-corrected chi connectivity index (χ1v) is 5.35. The van der Waals surface area contributed by atoms with Gasteiger partial charge in [0.05, 0.1) is 5.66 Å². The molecule has 1 aromatic carbocycles. The lowest BCUT2D eigenvalue weighted by Crippen LogP contribution is -2.45. The van der Waals surface area contributed by atoms with Gasteiger partial charge in [-0.2, -0.15) is 0 Å². The van der Waals surface area contributed by atoms with Gasteiger partial charge in [0, 0.05) is 13.1 Å². The van der Waals surface area contributed by atoms with E-state index >= 15 is 0 Å². The second kappa shape index (κ2) is 3.71. The summed E-state index contributed by atoms with van der Waals surface area (Å²) in [6.07, 6.45) is 1.08. The van der Waals surface area contributed by atoms with Crippen molar-refractivity contribution in [2.45, 2.75) is 25.9 Å². The summed E-state index contributed by atoms with van der Waals surface area (Å²) in [7, 11) is 0. The number of benzene rings is 1. The number of aryl methyl sites for hydroxylation is 1. The maximum absolute atomic E-state index is 3.57. The second-order valence-corrected chi connectivity index (χ2v) is 3.93. The standard InChI is InChI=1S/C12H18N2/c1-3-12(13-8-9-14-12)11-7-5-4-6-10(11)2/h4-7,13-14H,3,8-9H2,1-2H3. The molecule has 0 atom stereocenters. The highest BCUT2D eigenvalue weighted by atomic mass is 15.2. The third-order valence-corrected chi connectivity index (χ3v) is 3.11. The van der Waals surface area contributed by atoms with Crippen LogP contribution in [-0.2, 0) is 5.66 Å². The molecule has 0 aromatic heterocycles. The fraction of sp³-hybridized carbons (Fsp3) is 0.500. The van der Waals surface area contributed by atoms with Crippen LogP contribution in [-0.4, -0.2) is 13.1 Å². The number of hydrogen-bond donors (Lipinski definition) is 2. The van der Waals surface area contributed by atoms with Crippen LogP contribution in [0.3, 0.4) is 0 Å². The molecule has 2 heteroatoms. The Morgan fingerprint density at radius 2 is 1.86 bits per heavy atom. The molecule has 0 radical (unpaired) electrons. The normalized spacial score (nSPS) is 19.9. The Kier molecular flexibility index (Phi) is 2.57. The lowest BCUT2D eigenvalue weighted by Gasteiger charge is -2.30. The number of hydrogen-bond acceptors (Lipinski definition) is 2. The van der Waals surface area contributed by atoms with Gasteiger partial charge in [-0.3, -0.25) is 10.6 Å². The highest BCUT2D eigenvalue weighted by Gasteiger charge is 2.33. The Balaban J connectivity index is 2.41. The van der Waals surface area contributed by atoms with Gasteiger partial charge in [0.25, 0.3) is 0 Å². The molecule has 76 valence electrons.